The highest BCUT2D eigenvalue weighted by atomic mass is 35.5. The van der Waals surface area contributed by atoms with Crippen LogP contribution in [0.2, 0.25) is 5.02 Å². The number of hydrogen-bond acceptors (Lipinski definition) is 4. The van der Waals surface area contributed by atoms with Crippen LogP contribution in [0.25, 0.3) is 0 Å². The van der Waals surface area contributed by atoms with Crippen LogP contribution in [0, 0.1) is 0 Å². The van der Waals surface area contributed by atoms with Crippen LogP contribution < -0.4 is 10.9 Å². The number of amides is 1. The lowest BCUT2D eigenvalue weighted by molar-refractivity contribution is 0.0600. The summed E-state index contributed by atoms with van der Waals surface area (Å²) in [7, 11) is 2.84. The first-order valence-corrected chi connectivity index (χ1v) is 6.66. The molecule has 0 radical (unpaired) electrons. The number of esters is 1. The molecule has 0 unspecified atom stereocenters. The van der Waals surface area contributed by atoms with Crippen LogP contribution in [-0.2, 0) is 11.8 Å². The second-order valence-corrected chi connectivity index (χ2v) is 4.91. The number of methoxy groups -OCH3 is 1. The highest BCUT2D eigenvalue weighted by Gasteiger charge is 2.13. The summed E-state index contributed by atoms with van der Waals surface area (Å²) < 4.78 is 5.96. The molecule has 0 atom stereocenters. The minimum Gasteiger partial charge on any atom is -0.465 e. The van der Waals surface area contributed by atoms with Crippen LogP contribution >= 0.6 is 11.6 Å². The van der Waals surface area contributed by atoms with E-state index in [1.165, 1.54) is 48.2 Å². The van der Waals surface area contributed by atoms with Crippen LogP contribution in [0.5, 0.6) is 0 Å². The molecular formula is C15H13ClN2O4. The predicted octanol–water partition coefficient (Wildman–Crippen LogP) is 2.08. The van der Waals surface area contributed by atoms with Crippen LogP contribution in [-0.4, -0.2) is 23.6 Å². The molecule has 22 heavy (non-hydrogen) atoms. The van der Waals surface area contributed by atoms with Gasteiger partial charge < -0.3 is 14.6 Å². The summed E-state index contributed by atoms with van der Waals surface area (Å²) in [6.45, 7) is 0. The Bertz CT molecular complexity index is 798. The molecule has 0 aliphatic rings. The van der Waals surface area contributed by atoms with Crippen LogP contribution in [0.1, 0.15) is 20.7 Å². The van der Waals surface area contributed by atoms with Gasteiger partial charge in [0.2, 0.25) is 0 Å². The average Bonchev–Trinajstić information content (AvgIpc) is 2.51. The van der Waals surface area contributed by atoms with Crippen molar-refractivity contribution in [2.75, 3.05) is 12.4 Å². The molecule has 0 spiro atoms. The largest absolute Gasteiger partial charge is 0.465 e. The number of rotatable bonds is 3. The molecule has 1 aromatic heterocycles. The topological polar surface area (TPSA) is 77.4 Å². The molecule has 1 heterocycles. The zero-order valence-corrected chi connectivity index (χ0v) is 12.7. The van der Waals surface area contributed by atoms with Crippen molar-refractivity contribution in [2.45, 2.75) is 0 Å². The Labute approximate surface area is 131 Å². The summed E-state index contributed by atoms with van der Waals surface area (Å²) in [5.41, 5.74) is 0.408. The number of halogens is 1. The lowest BCUT2D eigenvalue weighted by Gasteiger charge is -2.09. The summed E-state index contributed by atoms with van der Waals surface area (Å²) in [5.74, 6) is -1.04. The van der Waals surface area contributed by atoms with Crippen molar-refractivity contribution in [1.29, 1.82) is 0 Å². The lowest BCUT2D eigenvalue weighted by Crippen LogP contribution is -2.20. The first-order valence-electron chi connectivity index (χ1n) is 6.28. The third-order valence-corrected chi connectivity index (χ3v) is 3.33. The van der Waals surface area contributed by atoms with Gasteiger partial charge in [-0.05, 0) is 24.3 Å². The van der Waals surface area contributed by atoms with Gasteiger partial charge in [-0.3, -0.25) is 9.59 Å². The van der Waals surface area contributed by atoms with Gasteiger partial charge in [-0.2, -0.15) is 0 Å². The number of benzene rings is 1. The van der Waals surface area contributed by atoms with Crippen molar-refractivity contribution >= 4 is 29.2 Å². The highest BCUT2D eigenvalue weighted by Crippen LogP contribution is 2.24. The van der Waals surface area contributed by atoms with Gasteiger partial charge in [0.25, 0.3) is 11.5 Å². The van der Waals surface area contributed by atoms with Crippen LogP contribution in [0.15, 0.2) is 41.3 Å². The fourth-order valence-electron chi connectivity index (χ4n) is 1.75. The molecule has 1 amide bonds. The molecular weight excluding hydrogens is 308 g/mol. The Balaban J connectivity index is 2.29. The van der Waals surface area contributed by atoms with E-state index in [2.05, 4.69) is 10.1 Å². The number of nitrogens with zero attached hydrogens (tertiary/aromatic N) is 1. The van der Waals surface area contributed by atoms with Crippen LogP contribution in [0.3, 0.4) is 0 Å². The monoisotopic (exact) mass is 320 g/mol. The lowest BCUT2D eigenvalue weighted by atomic mass is 10.2. The molecule has 6 nitrogen and oxygen atoms in total. The number of hydrogen-bond donors (Lipinski definition) is 1. The van der Waals surface area contributed by atoms with Crippen molar-refractivity contribution in [3.63, 3.8) is 0 Å². The van der Waals surface area contributed by atoms with Crippen molar-refractivity contribution < 1.29 is 14.3 Å². The molecule has 114 valence electrons. The first kappa shape index (κ1) is 15.8. The van der Waals surface area contributed by atoms with E-state index in [9.17, 15) is 14.4 Å². The van der Waals surface area contributed by atoms with E-state index in [-0.39, 0.29) is 27.4 Å². The quantitative estimate of drug-likeness (QED) is 0.878. The molecule has 0 fully saturated rings. The highest BCUT2D eigenvalue weighted by molar-refractivity contribution is 6.34. The van der Waals surface area contributed by atoms with Crippen molar-refractivity contribution in [3.8, 4) is 0 Å². The number of carbonyl (C=O) groups is 2. The fraction of sp³-hybridized carbons (Fsp3) is 0.133. The maximum absolute atomic E-state index is 12.1. The maximum Gasteiger partial charge on any atom is 0.337 e. The van der Waals surface area contributed by atoms with E-state index in [1.54, 1.807) is 7.05 Å². The standard InChI is InChI=1S/C15H13ClN2O4/c1-18-6-5-9(8-13(18)19)14(20)17-12-7-10(15(21)22-2)3-4-11(12)16/h3-8H,1-2H3,(H,17,20). The van der Waals surface area contributed by atoms with E-state index in [1.807, 2.05) is 0 Å². The van der Waals surface area contributed by atoms with Gasteiger partial charge in [0.1, 0.15) is 0 Å². The molecule has 1 N–H and O–H groups in total. The van der Waals surface area contributed by atoms with E-state index in [0.717, 1.165) is 0 Å². The van der Waals surface area contributed by atoms with E-state index in [4.69, 9.17) is 11.6 Å². The van der Waals surface area contributed by atoms with Crippen LogP contribution in [0.4, 0.5) is 5.69 Å². The Hall–Kier alpha value is -2.60. The van der Waals surface area contributed by atoms with Crippen molar-refractivity contribution in [1.82, 2.24) is 4.57 Å². The van der Waals surface area contributed by atoms with Crippen molar-refractivity contribution in [3.05, 3.63) is 63.0 Å². The number of aryl methyl sites for hydroxylation is 1. The third kappa shape index (κ3) is 3.35. The van der Waals surface area contributed by atoms with E-state index >= 15 is 0 Å². The van der Waals surface area contributed by atoms with Gasteiger partial charge in [0.05, 0.1) is 23.4 Å². The first-order chi connectivity index (χ1) is 10.4. The summed E-state index contributed by atoms with van der Waals surface area (Å²) in [6.07, 6.45) is 1.49. The third-order valence-electron chi connectivity index (χ3n) is 3.00. The Morgan fingerprint density at radius 3 is 2.55 bits per heavy atom. The minimum atomic E-state index is -0.541. The molecule has 0 saturated carbocycles. The minimum absolute atomic E-state index is 0.197. The smallest absolute Gasteiger partial charge is 0.337 e. The number of nitrogens with one attached hydrogen (secondary N) is 1. The van der Waals surface area contributed by atoms with Gasteiger partial charge in [0.15, 0.2) is 0 Å². The summed E-state index contributed by atoms with van der Waals surface area (Å²) in [5, 5.41) is 2.83. The van der Waals surface area contributed by atoms with Gasteiger partial charge >= 0.3 is 5.97 Å². The second kappa shape index (κ2) is 6.44. The maximum atomic E-state index is 12.1. The number of pyridine rings is 1. The second-order valence-electron chi connectivity index (χ2n) is 4.50. The molecule has 2 rings (SSSR count). The molecule has 0 bridgehead atoms. The molecule has 2 aromatic rings. The summed E-state index contributed by atoms with van der Waals surface area (Å²) in [4.78, 5) is 35.2. The molecule has 7 heteroatoms. The zero-order chi connectivity index (χ0) is 16.3. The molecule has 0 aliphatic carbocycles. The predicted molar refractivity (Wildman–Crippen MR) is 82.4 cm³/mol. The zero-order valence-electron chi connectivity index (χ0n) is 11.9. The number of aromatic nitrogens is 1. The van der Waals surface area contributed by atoms with E-state index in [0.29, 0.717) is 0 Å². The molecule has 0 saturated heterocycles. The fourth-order valence-corrected chi connectivity index (χ4v) is 1.91. The summed E-state index contributed by atoms with van der Waals surface area (Å²) in [6, 6.07) is 7.10. The number of anilines is 1. The Morgan fingerprint density at radius 2 is 1.91 bits per heavy atom. The Morgan fingerprint density at radius 1 is 1.18 bits per heavy atom. The summed E-state index contributed by atoms with van der Waals surface area (Å²) >= 11 is 6.00. The average molecular weight is 321 g/mol. The van der Waals surface area contributed by atoms with Gasteiger partial charge in [0, 0.05) is 24.9 Å². The Kier molecular flexibility index (Phi) is 4.62. The van der Waals surface area contributed by atoms with Gasteiger partial charge in [-0.25, -0.2) is 4.79 Å². The molecule has 0 aliphatic heterocycles. The van der Waals surface area contributed by atoms with Gasteiger partial charge in [-0.1, -0.05) is 11.6 Å². The SMILES string of the molecule is COC(=O)c1ccc(Cl)c(NC(=O)c2ccn(C)c(=O)c2)c1. The number of carbonyl (C=O) groups excluding carboxylic acids is 2. The van der Waals surface area contributed by atoms with E-state index < -0.39 is 11.9 Å². The molecule has 1 aromatic carbocycles. The normalized spacial score (nSPS) is 10.1. The van der Waals surface area contributed by atoms with Gasteiger partial charge in [-0.15, -0.1) is 0 Å². The van der Waals surface area contributed by atoms with Crippen molar-refractivity contribution in [2.24, 2.45) is 7.05 Å². The number of ether oxygens (including phenoxy) is 1.